The van der Waals surface area contributed by atoms with E-state index in [9.17, 15) is 5.11 Å². The molecular weight excluding hydrogens is 320 g/mol. The van der Waals surface area contributed by atoms with E-state index in [1.807, 2.05) is 18.2 Å². The molecule has 0 bridgehead atoms. The van der Waals surface area contributed by atoms with Crippen LogP contribution in [0, 0.1) is 0 Å². The van der Waals surface area contributed by atoms with Crippen LogP contribution in [0.15, 0.2) is 41.7 Å². The van der Waals surface area contributed by atoms with Crippen molar-refractivity contribution in [3.63, 3.8) is 0 Å². The van der Waals surface area contributed by atoms with E-state index in [-0.39, 0.29) is 18.0 Å². The predicted molar refractivity (Wildman–Crippen MR) is 95.7 cm³/mol. The van der Waals surface area contributed by atoms with Crippen LogP contribution in [-0.2, 0) is 20.6 Å². The molecule has 5 nitrogen and oxygen atoms in total. The lowest BCUT2D eigenvalue weighted by Gasteiger charge is -2.30. The van der Waals surface area contributed by atoms with Crippen LogP contribution in [-0.4, -0.2) is 45.8 Å². The van der Waals surface area contributed by atoms with E-state index in [0.717, 1.165) is 40.9 Å². The molecule has 2 atom stereocenters. The summed E-state index contributed by atoms with van der Waals surface area (Å²) >= 11 is 0. The van der Waals surface area contributed by atoms with Crippen molar-refractivity contribution in [1.29, 1.82) is 0 Å². The van der Waals surface area contributed by atoms with Gasteiger partial charge >= 0.3 is 0 Å². The average Bonchev–Trinajstić information content (AvgIpc) is 2.66. The van der Waals surface area contributed by atoms with Crippen molar-refractivity contribution in [2.75, 3.05) is 28.4 Å². The largest absolute Gasteiger partial charge is 0.504 e. The molecule has 1 aromatic rings. The zero-order valence-electron chi connectivity index (χ0n) is 15.0. The SMILES string of the molecule is COC1=CC(C2=CCCc3c2ccc(OC)c3O)=CC(OC)C1OC. The van der Waals surface area contributed by atoms with Gasteiger partial charge in [-0.2, -0.15) is 0 Å². The number of phenols is 1. The van der Waals surface area contributed by atoms with Gasteiger partial charge in [0.15, 0.2) is 11.5 Å². The monoisotopic (exact) mass is 344 g/mol. The quantitative estimate of drug-likeness (QED) is 0.889. The van der Waals surface area contributed by atoms with Gasteiger partial charge in [0.2, 0.25) is 0 Å². The molecule has 2 unspecified atom stereocenters. The Morgan fingerprint density at radius 2 is 1.84 bits per heavy atom. The smallest absolute Gasteiger partial charge is 0.161 e. The van der Waals surface area contributed by atoms with Gasteiger partial charge in [0.1, 0.15) is 18.0 Å². The van der Waals surface area contributed by atoms with Crippen LogP contribution in [0.2, 0.25) is 0 Å². The average molecular weight is 344 g/mol. The highest BCUT2D eigenvalue weighted by molar-refractivity contribution is 5.86. The molecule has 0 amide bonds. The van der Waals surface area contributed by atoms with Crippen LogP contribution in [0.1, 0.15) is 17.5 Å². The van der Waals surface area contributed by atoms with E-state index in [0.29, 0.717) is 5.75 Å². The first kappa shape index (κ1) is 17.6. The Hall–Kier alpha value is -2.24. The van der Waals surface area contributed by atoms with Gasteiger partial charge in [-0.3, -0.25) is 0 Å². The first-order valence-corrected chi connectivity index (χ1v) is 8.27. The highest BCUT2D eigenvalue weighted by Gasteiger charge is 2.31. The topological polar surface area (TPSA) is 57.2 Å². The van der Waals surface area contributed by atoms with E-state index in [4.69, 9.17) is 18.9 Å². The zero-order valence-corrected chi connectivity index (χ0v) is 15.0. The van der Waals surface area contributed by atoms with Gasteiger partial charge < -0.3 is 24.1 Å². The minimum atomic E-state index is -0.272. The minimum absolute atomic E-state index is 0.219. The van der Waals surface area contributed by atoms with E-state index in [1.165, 1.54) is 0 Å². The second-order valence-electron chi connectivity index (χ2n) is 6.03. The van der Waals surface area contributed by atoms with E-state index < -0.39 is 0 Å². The van der Waals surface area contributed by atoms with Crippen molar-refractivity contribution in [2.45, 2.75) is 25.0 Å². The first-order valence-electron chi connectivity index (χ1n) is 8.27. The molecule has 25 heavy (non-hydrogen) atoms. The second kappa shape index (κ2) is 7.33. The third-order valence-electron chi connectivity index (χ3n) is 4.79. The van der Waals surface area contributed by atoms with Gasteiger partial charge in [-0.1, -0.05) is 12.1 Å². The van der Waals surface area contributed by atoms with Crippen molar-refractivity contribution in [3.05, 3.63) is 52.8 Å². The number of hydrogen-bond donors (Lipinski definition) is 1. The molecule has 0 spiro atoms. The lowest BCUT2D eigenvalue weighted by molar-refractivity contribution is -0.0187. The van der Waals surface area contributed by atoms with Gasteiger partial charge in [-0.15, -0.1) is 0 Å². The summed E-state index contributed by atoms with van der Waals surface area (Å²) in [6, 6.07) is 3.79. The molecule has 0 saturated heterocycles. The van der Waals surface area contributed by atoms with Crippen LogP contribution in [0.3, 0.4) is 0 Å². The summed E-state index contributed by atoms with van der Waals surface area (Å²) < 4.78 is 21.8. The lowest BCUT2D eigenvalue weighted by Crippen LogP contribution is -2.33. The van der Waals surface area contributed by atoms with Gasteiger partial charge in [-0.25, -0.2) is 0 Å². The maximum absolute atomic E-state index is 10.5. The molecule has 2 aliphatic carbocycles. The zero-order chi connectivity index (χ0) is 18.0. The van der Waals surface area contributed by atoms with Crippen LogP contribution >= 0.6 is 0 Å². The number of benzene rings is 1. The Kier molecular flexibility index (Phi) is 5.16. The van der Waals surface area contributed by atoms with Crippen molar-refractivity contribution in [1.82, 2.24) is 0 Å². The summed E-state index contributed by atoms with van der Waals surface area (Å²) in [5.41, 5.74) is 3.98. The molecule has 0 saturated carbocycles. The minimum Gasteiger partial charge on any atom is -0.504 e. The van der Waals surface area contributed by atoms with E-state index in [1.54, 1.807) is 34.5 Å². The van der Waals surface area contributed by atoms with E-state index >= 15 is 0 Å². The Labute approximate surface area is 148 Å². The summed E-state index contributed by atoms with van der Waals surface area (Å²) in [5.74, 6) is 1.44. The maximum atomic E-state index is 10.5. The molecule has 0 aliphatic heterocycles. The standard InChI is InChI=1S/C20H24O5/c1-22-16-9-8-14-13(6-5-7-15(14)19(16)21)12-10-17(23-2)20(25-4)18(11-12)24-3/h6,8-11,17,20-21H,5,7H2,1-4H3. The number of rotatable bonds is 5. The number of fused-ring (bicyclic) bond motifs is 1. The maximum Gasteiger partial charge on any atom is 0.161 e. The van der Waals surface area contributed by atoms with Gasteiger partial charge in [0.25, 0.3) is 0 Å². The van der Waals surface area contributed by atoms with Crippen molar-refractivity contribution in [3.8, 4) is 11.5 Å². The van der Waals surface area contributed by atoms with Crippen LogP contribution in [0.4, 0.5) is 0 Å². The highest BCUT2D eigenvalue weighted by atomic mass is 16.6. The molecule has 3 rings (SSSR count). The summed E-state index contributed by atoms with van der Waals surface area (Å²) in [6.07, 6.45) is 7.32. The van der Waals surface area contributed by atoms with Gasteiger partial charge in [-0.05, 0) is 47.8 Å². The van der Waals surface area contributed by atoms with Crippen molar-refractivity contribution < 1.29 is 24.1 Å². The van der Waals surface area contributed by atoms with Crippen LogP contribution in [0.5, 0.6) is 11.5 Å². The Balaban J connectivity index is 2.06. The third-order valence-corrected chi connectivity index (χ3v) is 4.79. The fourth-order valence-electron chi connectivity index (χ4n) is 3.52. The molecule has 0 heterocycles. The highest BCUT2D eigenvalue weighted by Crippen LogP contribution is 2.42. The molecular formula is C20H24O5. The Morgan fingerprint density at radius 1 is 1.04 bits per heavy atom. The molecule has 134 valence electrons. The Morgan fingerprint density at radius 3 is 2.48 bits per heavy atom. The number of methoxy groups -OCH3 is 4. The molecule has 2 aliphatic rings. The number of allylic oxidation sites excluding steroid dienone is 4. The number of hydrogen-bond acceptors (Lipinski definition) is 5. The van der Waals surface area contributed by atoms with Crippen molar-refractivity contribution >= 4 is 5.57 Å². The normalized spacial score (nSPS) is 22.5. The van der Waals surface area contributed by atoms with E-state index in [2.05, 4.69) is 6.08 Å². The number of phenolic OH excluding ortho intramolecular Hbond substituents is 1. The molecule has 0 aromatic heterocycles. The van der Waals surface area contributed by atoms with Gasteiger partial charge in [0, 0.05) is 19.8 Å². The fourth-order valence-corrected chi connectivity index (χ4v) is 3.52. The van der Waals surface area contributed by atoms with Crippen LogP contribution in [0.25, 0.3) is 5.57 Å². The summed E-state index contributed by atoms with van der Waals surface area (Å²) in [5, 5.41) is 10.5. The number of aromatic hydroxyl groups is 1. The molecule has 1 N–H and O–H groups in total. The lowest BCUT2D eigenvalue weighted by atomic mass is 9.83. The molecule has 5 heteroatoms. The third kappa shape index (κ3) is 3.05. The summed E-state index contributed by atoms with van der Waals surface area (Å²) in [4.78, 5) is 0. The summed E-state index contributed by atoms with van der Waals surface area (Å²) in [6.45, 7) is 0. The first-order chi connectivity index (χ1) is 12.1. The second-order valence-corrected chi connectivity index (χ2v) is 6.03. The van der Waals surface area contributed by atoms with Gasteiger partial charge in [0.05, 0.1) is 14.2 Å². The predicted octanol–water partition coefficient (Wildman–Crippen LogP) is 3.23. The van der Waals surface area contributed by atoms with Crippen molar-refractivity contribution in [2.24, 2.45) is 0 Å². The number of ether oxygens (including phenoxy) is 4. The fraction of sp³-hybridized carbons (Fsp3) is 0.400. The summed E-state index contributed by atoms with van der Waals surface area (Å²) in [7, 11) is 6.49. The molecule has 0 fully saturated rings. The van der Waals surface area contributed by atoms with Crippen LogP contribution < -0.4 is 4.74 Å². The Bertz CT molecular complexity index is 745. The molecule has 1 aromatic carbocycles. The molecule has 0 radical (unpaired) electrons.